The Kier molecular flexibility index (Phi) is 5.55. The number of carbonyl (C=O) groups excluding carboxylic acids is 1. The van der Waals surface area contributed by atoms with Gasteiger partial charge in [0.25, 0.3) is 5.91 Å². The first-order valence-electron chi connectivity index (χ1n) is 5.79. The number of hydrogen-bond acceptors (Lipinski definition) is 3. The van der Waals surface area contributed by atoms with Gasteiger partial charge in [-0.1, -0.05) is 19.1 Å². The van der Waals surface area contributed by atoms with Crippen molar-refractivity contribution in [2.45, 2.75) is 25.8 Å². The summed E-state index contributed by atoms with van der Waals surface area (Å²) in [7, 11) is 0. The Morgan fingerprint density at radius 2 is 2.00 bits per heavy atom. The minimum atomic E-state index is -0.954. The summed E-state index contributed by atoms with van der Waals surface area (Å²) < 4.78 is 0.883. The lowest BCUT2D eigenvalue weighted by Gasteiger charge is -2.29. The number of halogens is 1. The maximum Gasteiger partial charge on any atom is 0.252 e. The molecule has 0 heterocycles. The second-order valence-electron chi connectivity index (χ2n) is 4.34. The minimum absolute atomic E-state index is 0.270. The van der Waals surface area contributed by atoms with E-state index >= 15 is 0 Å². The third-order valence-electron chi connectivity index (χ3n) is 3.10. The highest BCUT2D eigenvalue weighted by atomic mass is 127. The molecule has 5 heteroatoms. The van der Waals surface area contributed by atoms with Crippen molar-refractivity contribution in [3.63, 3.8) is 0 Å². The van der Waals surface area contributed by atoms with Gasteiger partial charge in [-0.3, -0.25) is 4.79 Å². The van der Waals surface area contributed by atoms with E-state index in [2.05, 4.69) is 27.9 Å². The van der Waals surface area contributed by atoms with Crippen molar-refractivity contribution < 1.29 is 15.0 Å². The first-order valence-corrected chi connectivity index (χ1v) is 6.87. The molecular weight excluding hydrogens is 345 g/mol. The third-order valence-corrected chi connectivity index (χ3v) is 4.53. The van der Waals surface area contributed by atoms with Gasteiger partial charge in [0.05, 0.1) is 24.3 Å². The molecule has 0 unspecified atom stereocenters. The molecule has 1 rings (SSSR count). The lowest BCUT2D eigenvalue weighted by molar-refractivity contribution is 0.0652. The molecule has 1 aromatic carbocycles. The van der Waals surface area contributed by atoms with Crippen molar-refractivity contribution in [2.75, 3.05) is 13.2 Å². The highest BCUT2D eigenvalue weighted by molar-refractivity contribution is 14.1. The van der Waals surface area contributed by atoms with Crippen LogP contribution in [-0.4, -0.2) is 34.9 Å². The van der Waals surface area contributed by atoms with Gasteiger partial charge < -0.3 is 15.5 Å². The molecule has 1 amide bonds. The van der Waals surface area contributed by atoms with Gasteiger partial charge in [-0.2, -0.15) is 0 Å². The molecule has 0 fully saturated rings. The van der Waals surface area contributed by atoms with Gasteiger partial charge in [0.15, 0.2) is 0 Å². The fraction of sp³-hybridized carbons (Fsp3) is 0.462. The van der Waals surface area contributed by atoms with E-state index in [-0.39, 0.29) is 19.1 Å². The smallest absolute Gasteiger partial charge is 0.252 e. The van der Waals surface area contributed by atoms with Crippen molar-refractivity contribution in [1.82, 2.24) is 5.32 Å². The molecule has 3 N–H and O–H groups in total. The average molecular weight is 363 g/mol. The highest BCUT2D eigenvalue weighted by Gasteiger charge is 2.29. The Morgan fingerprint density at radius 1 is 1.39 bits per heavy atom. The predicted octanol–water partition coefficient (Wildman–Crippen LogP) is 1.46. The lowest BCUT2D eigenvalue weighted by Crippen LogP contribution is -2.53. The van der Waals surface area contributed by atoms with E-state index in [9.17, 15) is 15.0 Å². The standard InChI is InChI=1S/C13H18INO3/c1-3-13(7-16,8-17)15-12(18)10-6-4-5-9(2)11(10)14/h4-6,16-17H,3,7-8H2,1-2H3,(H,15,18). The van der Waals surface area contributed by atoms with Crippen LogP contribution in [0.25, 0.3) is 0 Å². The van der Waals surface area contributed by atoms with E-state index in [0.29, 0.717) is 12.0 Å². The number of benzene rings is 1. The molecule has 0 saturated heterocycles. The highest BCUT2D eigenvalue weighted by Crippen LogP contribution is 2.18. The fourth-order valence-corrected chi connectivity index (χ4v) is 2.18. The second-order valence-corrected chi connectivity index (χ2v) is 5.42. The molecular formula is C13H18INO3. The van der Waals surface area contributed by atoms with E-state index in [1.807, 2.05) is 26.0 Å². The summed E-state index contributed by atoms with van der Waals surface area (Å²) in [5.74, 6) is -0.270. The lowest BCUT2D eigenvalue weighted by atomic mass is 9.97. The number of aliphatic hydroxyl groups is 2. The fourth-order valence-electron chi connectivity index (χ4n) is 1.57. The molecule has 0 atom stereocenters. The summed E-state index contributed by atoms with van der Waals surface area (Å²) in [5.41, 5.74) is 0.637. The van der Waals surface area contributed by atoms with Gasteiger partial charge in [-0.05, 0) is 47.6 Å². The number of carbonyl (C=O) groups is 1. The second kappa shape index (κ2) is 6.49. The summed E-state index contributed by atoms with van der Waals surface area (Å²) in [5, 5.41) is 21.4. The Morgan fingerprint density at radius 3 is 2.50 bits per heavy atom. The van der Waals surface area contributed by atoms with Crippen LogP contribution in [-0.2, 0) is 0 Å². The molecule has 1 aromatic rings. The quantitative estimate of drug-likeness (QED) is 0.694. The molecule has 0 aliphatic carbocycles. The summed E-state index contributed by atoms with van der Waals surface area (Å²) in [6.45, 7) is 3.18. The molecule has 4 nitrogen and oxygen atoms in total. The van der Waals surface area contributed by atoms with Gasteiger partial charge in [-0.25, -0.2) is 0 Å². The van der Waals surface area contributed by atoms with E-state index in [4.69, 9.17) is 0 Å². The first-order chi connectivity index (χ1) is 8.49. The number of aryl methyl sites for hydroxylation is 1. The Bertz CT molecular complexity index is 422. The number of hydrogen-bond donors (Lipinski definition) is 3. The summed E-state index contributed by atoms with van der Waals surface area (Å²) >= 11 is 2.12. The van der Waals surface area contributed by atoms with Gasteiger partial charge in [0, 0.05) is 3.57 Å². The Hall–Kier alpha value is -0.660. The van der Waals surface area contributed by atoms with Crippen molar-refractivity contribution in [3.8, 4) is 0 Å². The van der Waals surface area contributed by atoms with Crippen LogP contribution < -0.4 is 5.32 Å². The zero-order chi connectivity index (χ0) is 13.8. The molecule has 0 aliphatic rings. The first kappa shape index (κ1) is 15.4. The van der Waals surface area contributed by atoms with Crippen LogP contribution in [0.4, 0.5) is 0 Å². The van der Waals surface area contributed by atoms with E-state index in [0.717, 1.165) is 9.13 Å². The van der Waals surface area contributed by atoms with Crippen molar-refractivity contribution in [3.05, 3.63) is 32.9 Å². The number of rotatable bonds is 5. The van der Waals surface area contributed by atoms with Crippen LogP contribution in [0.15, 0.2) is 18.2 Å². The zero-order valence-corrected chi connectivity index (χ0v) is 12.7. The van der Waals surface area contributed by atoms with E-state index in [1.165, 1.54) is 0 Å². The predicted molar refractivity (Wildman–Crippen MR) is 78.6 cm³/mol. The maximum atomic E-state index is 12.2. The van der Waals surface area contributed by atoms with Gasteiger partial charge in [-0.15, -0.1) is 0 Å². The topological polar surface area (TPSA) is 69.6 Å². The molecule has 100 valence electrons. The van der Waals surface area contributed by atoms with Crippen LogP contribution in [0.5, 0.6) is 0 Å². The Labute approximate surface area is 121 Å². The van der Waals surface area contributed by atoms with Crippen molar-refractivity contribution >= 4 is 28.5 Å². The SMILES string of the molecule is CCC(CO)(CO)NC(=O)c1cccc(C)c1I. The summed E-state index contributed by atoms with van der Waals surface area (Å²) in [4.78, 5) is 12.2. The molecule has 0 saturated carbocycles. The van der Waals surface area contributed by atoms with E-state index < -0.39 is 5.54 Å². The normalized spacial score (nSPS) is 11.4. The zero-order valence-electron chi connectivity index (χ0n) is 10.5. The third kappa shape index (κ3) is 3.21. The molecule has 0 radical (unpaired) electrons. The number of amides is 1. The Balaban J connectivity index is 2.98. The van der Waals surface area contributed by atoms with Crippen molar-refractivity contribution in [1.29, 1.82) is 0 Å². The van der Waals surface area contributed by atoms with Crippen LogP contribution in [0, 0.1) is 10.5 Å². The van der Waals surface area contributed by atoms with E-state index in [1.54, 1.807) is 6.07 Å². The van der Waals surface area contributed by atoms with Crippen LogP contribution in [0.3, 0.4) is 0 Å². The van der Waals surface area contributed by atoms with Crippen LogP contribution >= 0.6 is 22.6 Å². The largest absolute Gasteiger partial charge is 0.394 e. The average Bonchev–Trinajstić information content (AvgIpc) is 2.39. The van der Waals surface area contributed by atoms with Gasteiger partial charge in [0.1, 0.15) is 0 Å². The summed E-state index contributed by atoms with van der Waals surface area (Å²) in [6.07, 6.45) is 0.466. The van der Waals surface area contributed by atoms with Crippen LogP contribution in [0.2, 0.25) is 0 Å². The maximum absolute atomic E-state index is 12.2. The molecule has 0 bridgehead atoms. The minimum Gasteiger partial charge on any atom is -0.394 e. The number of nitrogens with one attached hydrogen (secondary N) is 1. The van der Waals surface area contributed by atoms with Gasteiger partial charge >= 0.3 is 0 Å². The monoisotopic (exact) mass is 363 g/mol. The van der Waals surface area contributed by atoms with Crippen molar-refractivity contribution in [2.24, 2.45) is 0 Å². The van der Waals surface area contributed by atoms with Crippen LogP contribution in [0.1, 0.15) is 29.3 Å². The summed E-state index contributed by atoms with van der Waals surface area (Å²) in [6, 6.07) is 5.49. The van der Waals surface area contributed by atoms with Gasteiger partial charge in [0.2, 0.25) is 0 Å². The number of aliphatic hydroxyl groups excluding tert-OH is 2. The molecule has 0 aliphatic heterocycles. The molecule has 0 aromatic heterocycles. The molecule has 0 spiro atoms. The molecule has 18 heavy (non-hydrogen) atoms.